The summed E-state index contributed by atoms with van der Waals surface area (Å²) in [4.78, 5) is 2.17. The SMILES string of the molecule is C#CC1C=CCCN1C.c1cc2cc-2c1. The van der Waals surface area contributed by atoms with Gasteiger partial charge in [0.25, 0.3) is 0 Å². The van der Waals surface area contributed by atoms with E-state index in [-0.39, 0.29) is 6.04 Å². The van der Waals surface area contributed by atoms with Crippen LogP contribution < -0.4 is 0 Å². The van der Waals surface area contributed by atoms with Crippen LogP contribution in [0.15, 0.2) is 36.4 Å². The summed E-state index contributed by atoms with van der Waals surface area (Å²) in [6.07, 6.45) is 10.6. The molecule has 3 rings (SSSR count). The summed E-state index contributed by atoms with van der Waals surface area (Å²) in [6.45, 7) is 1.09. The summed E-state index contributed by atoms with van der Waals surface area (Å²) in [7, 11) is 2.05. The Morgan fingerprint density at radius 2 is 2.13 bits per heavy atom. The molecule has 0 fully saturated rings. The van der Waals surface area contributed by atoms with E-state index in [1.165, 1.54) is 11.1 Å². The molecule has 1 heteroatoms. The van der Waals surface area contributed by atoms with Gasteiger partial charge in [-0.3, -0.25) is 4.90 Å². The number of nitrogens with zero attached hydrogens (tertiary/aromatic N) is 1. The topological polar surface area (TPSA) is 3.24 Å². The van der Waals surface area contributed by atoms with E-state index < -0.39 is 0 Å². The number of terminal acetylenes is 1. The van der Waals surface area contributed by atoms with Crippen molar-refractivity contribution in [2.24, 2.45) is 0 Å². The van der Waals surface area contributed by atoms with Crippen LogP contribution in [0.4, 0.5) is 0 Å². The molecule has 1 nitrogen and oxygen atoms in total. The normalized spacial score (nSPS) is 21.2. The van der Waals surface area contributed by atoms with Crippen molar-refractivity contribution in [3.8, 4) is 23.5 Å². The molecule has 0 N–H and O–H groups in total. The Morgan fingerprint density at radius 1 is 1.40 bits per heavy atom. The summed E-state index contributed by atoms with van der Waals surface area (Å²) in [5, 5.41) is 0. The van der Waals surface area contributed by atoms with Crippen LogP contribution in [0.25, 0.3) is 11.1 Å². The minimum Gasteiger partial charge on any atom is -0.289 e. The monoisotopic (exact) mass is 197 g/mol. The van der Waals surface area contributed by atoms with Crippen LogP contribution in [0.1, 0.15) is 6.42 Å². The van der Waals surface area contributed by atoms with Gasteiger partial charge in [-0.2, -0.15) is 0 Å². The van der Waals surface area contributed by atoms with E-state index in [9.17, 15) is 0 Å². The molecular formula is C14H15N. The molecule has 1 aliphatic heterocycles. The Morgan fingerprint density at radius 3 is 2.47 bits per heavy atom. The van der Waals surface area contributed by atoms with Crippen molar-refractivity contribution in [1.82, 2.24) is 4.90 Å². The lowest BCUT2D eigenvalue weighted by molar-refractivity contribution is 0.320. The summed E-state index contributed by atoms with van der Waals surface area (Å²) < 4.78 is 0. The van der Waals surface area contributed by atoms with Crippen LogP contribution in [0.2, 0.25) is 0 Å². The molecule has 0 radical (unpaired) electrons. The predicted octanol–water partition coefficient (Wildman–Crippen LogP) is 2.55. The van der Waals surface area contributed by atoms with Gasteiger partial charge >= 0.3 is 0 Å². The summed E-state index contributed by atoms with van der Waals surface area (Å²) in [5.41, 5.74) is 2.85. The zero-order chi connectivity index (χ0) is 10.7. The molecule has 3 aliphatic rings. The Labute approximate surface area is 91.4 Å². The third-order valence-corrected chi connectivity index (χ3v) is 2.73. The lowest BCUT2D eigenvalue weighted by Crippen LogP contribution is -2.31. The maximum absolute atomic E-state index is 5.25. The van der Waals surface area contributed by atoms with E-state index in [2.05, 4.69) is 47.2 Å². The fourth-order valence-electron chi connectivity index (χ4n) is 1.65. The number of likely N-dealkylation sites (N-methyl/N-ethyl adjacent to an activating group) is 1. The van der Waals surface area contributed by atoms with Gasteiger partial charge in [-0.25, -0.2) is 0 Å². The van der Waals surface area contributed by atoms with Gasteiger partial charge in [0.1, 0.15) is 0 Å². The van der Waals surface area contributed by atoms with Crippen LogP contribution in [-0.4, -0.2) is 24.5 Å². The first-order chi connectivity index (χ1) is 7.31. The minimum atomic E-state index is 0.235. The zero-order valence-corrected chi connectivity index (χ0v) is 8.98. The van der Waals surface area contributed by atoms with Gasteiger partial charge in [-0.1, -0.05) is 36.3 Å². The van der Waals surface area contributed by atoms with Gasteiger partial charge in [0.05, 0.1) is 6.04 Å². The highest BCUT2D eigenvalue weighted by molar-refractivity contribution is 5.80. The van der Waals surface area contributed by atoms with E-state index >= 15 is 0 Å². The number of fused-ring (bicyclic) bond motifs is 1. The Hall–Kier alpha value is -1.52. The van der Waals surface area contributed by atoms with E-state index in [1.54, 1.807) is 0 Å². The molecule has 0 aromatic heterocycles. The molecule has 2 aliphatic carbocycles. The molecule has 1 heterocycles. The average molecular weight is 197 g/mol. The molecule has 76 valence electrons. The third kappa shape index (κ3) is 2.49. The first-order valence-electron chi connectivity index (χ1n) is 5.25. The van der Waals surface area contributed by atoms with E-state index in [1.807, 2.05) is 7.05 Å². The highest BCUT2D eigenvalue weighted by Crippen LogP contribution is 2.32. The molecule has 0 saturated heterocycles. The molecular weight excluding hydrogens is 182 g/mol. The second-order valence-electron chi connectivity index (χ2n) is 3.89. The van der Waals surface area contributed by atoms with Crippen LogP contribution in [0.3, 0.4) is 0 Å². The fraction of sp³-hybridized carbons (Fsp3) is 0.286. The quantitative estimate of drug-likeness (QED) is 0.463. The number of hydrogen-bond acceptors (Lipinski definition) is 1. The second-order valence-corrected chi connectivity index (χ2v) is 3.89. The highest BCUT2D eigenvalue weighted by atomic mass is 15.1. The standard InChI is InChI=1S/C8H11N.C6H4/c1-3-8-6-4-5-7-9(8)2;1-2-5-4-6(5)3-1/h1,4,6,8H,5,7H2,2H3;1-4H. The number of hydrogen-bond donors (Lipinski definition) is 0. The highest BCUT2D eigenvalue weighted by Gasteiger charge is 2.09. The molecule has 0 bridgehead atoms. The van der Waals surface area contributed by atoms with Crippen LogP contribution in [0, 0.1) is 12.3 Å². The third-order valence-electron chi connectivity index (χ3n) is 2.73. The van der Waals surface area contributed by atoms with Crippen molar-refractivity contribution in [3.05, 3.63) is 36.4 Å². The number of benzene rings is 1. The van der Waals surface area contributed by atoms with Crippen molar-refractivity contribution in [2.75, 3.05) is 13.6 Å². The molecule has 0 aromatic carbocycles. The minimum absolute atomic E-state index is 0.235. The van der Waals surface area contributed by atoms with Gasteiger partial charge < -0.3 is 0 Å². The van der Waals surface area contributed by atoms with Crippen LogP contribution >= 0.6 is 0 Å². The van der Waals surface area contributed by atoms with Crippen LogP contribution in [-0.2, 0) is 0 Å². The summed E-state index contributed by atoms with van der Waals surface area (Å²) in [5.74, 6) is 2.69. The molecule has 0 saturated carbocycles. The Bertz CT molecular complexity index is 394. The van der Waals surface area contributed by atoms with E-state index in [0.29, 0.717) is 0 Å². The van der Waals surface area contributed by atoms with Crippen molar-refractivity contribution in [3.63, 3.8) is 0 Å². The van der Waals surface area contributed by atoms with Crippen molar-refractivity contribution in [2.45, 2.75) is 12.5 Å². The molecule has 15 heavy (non-hydrogen) atoms. The first-order valence-corrected chi connectivity index (χ1v) is 5.25. The Balaban J connectivity index is 0.000000121. The van der Waals surface area contributed by atoms with E-state index in [0.717, 1.165) is 13.0 Å². The van der Waals surface area contributed by atoms with E-state index in [4.69, 9.17) is 6.42 Å². The zero-order valence-electron chi connectivity index (χ0n) is 8.98. The largest absolute Gasteiger partial charge is 0.289 e. The fourth-order valence-corrected chi connectivity index (χ4v) is 1.65. The van der Waals surface area contributed by atoms with Gasteiger partial charge in [-0.05, 0) is 30.7 Å². The molecule has 1 unspecified atom stereocenters. The van der Waals surface area contributed by atoms with Gasteiger partial charge in [0.2, 0.25) is 0 Å². The summed E-state index contributed by atoms with van der Waals surface area (Å²) >= 11 is 0. The van der Waals surface area contributed by atoms with Crippen molar-refractivity contribution >= 4 is 0 Å². The van der Waals surface area contributed by atoms with Gasteiger partial charge in [0, 0.05) is 6.54 Å². The Kier molecular flexibility index (Phi) is 2.89. The smallest absolute Gasteiger partial charge is 0.0895 e. The molecule has 0 aromatic rings. The maximum atomic E-state index is 5.25. The first kappa shape index (κ1) is 10.0. The van der Waals surface area contributed by atoms with Gasteiger partial charge in [0.15, 0.2) is 0 Å². The summed E-state index contributed by atoms with van der Waals surface area (Å²) in [6, 6.07) is 8.72. The molecule has 1 atom stereocenters. The van der Waals surface area contributed by atoms with Crippen molar-refractivity contribution < 1.29 is 0 Å². The second kappa shape index (κ2) is 4.33. The number of rotatable bonds is 0. The maximum Gasteiger partial charge on any atom is 0.0895 e. The average Bonchev–Trinajstić information content (AvgIpc) is 2.87. The molecule has 0 amide bonds. The van der Waals surface area contributed by atoms with Crippen molar-refractivity contribution in [1.29, 1.82) is 0 Å². The molecule has 0 spiro atoms. The lowest BCUT2D eigenvalue weighted by atomic mass is 10.1. The van der Waals surface area contributed by atoms with Gasteiger partial charge in [-0.15, -0.1) is 6.42 Å². The lowest BCUT2D eigenvalue weighted by Gasteiger charge is -2.23. The predicted molar refractivity (Wildman–Crippen MR) is 64.4 cm³/mol. The van der Waals surface area contributed by atoms with Crippen LogP contribution in [0.5, 0.6) is 0 Å².